The molecule has 3 rings (SSSR count). The molecule has 0 spiro atoms. The lowest BCUT2D eigenvalue weighted by Gasteiger charge is -2.33. The van der Waals surface area contributed by atoms with Crippen molar-refractivity contribution in [3.8, 4) is 11.5 Å². The maximum atomic E-state index is 11.8. The Bertz CT molecular complexity index is 1140. The normalized spacial score (nSPS) is 18.8. The first-order valence-corrected chi connectivity index (χ1v) is 12.1. The highest BCUT2D eigenvalue weighted by Gasteiger charge is 2.29. The van der Waals surface area contributed by atoms with E-state index in [9.17, 15) is 9.90 Å². The highest BCUT2D eigenvalue weighted by molar-refractivity contribution is 7.80. The molecule has 1 amide bonds. The summed E-state index contributed by atoms with van der Waals surface area (Å²) in [7, 11) is 2.90. The summed E-state index contributed by atoms with van der Waals surface area (Å²) in [5.41, 5.74) is 0.827. The number of methoxy groups -OCH3 is 2. The van der Waals surface area contributed by atoms with Crippen molar-refractivity contribution in [2.24, 2.45) is 4.99 Å². The zero-order valence-corrected chi connectivity index (χ0v) is 22.3. The molecule has 2 aromatic rings. The summed E-state index contributed by atoms with van der Waals surface area (Å²) in [6, 6.07) is 2.72. The van der Waals surface area contributed by atoms with Crippen LogP contribution in [0.2, 0.25) is 10.0 Å². The quantitative estimate of drug-likeness (QED) is 0.299. The van der Waals surface area contributed by atoms with Crippen LogP contribution in [0.5, 0.6) is 11.5 Å². The van der Waals surface area contributed by atoms with Crippen LogP contribution in [-0.2, 0) is 9.53 Å². The van der Waals surface area contributed by atoms with Gasteiger partial charge in [-0.15, -0.1) is 0 Å². The van der Waals surface area contributed by atoms with Gasteiger partial charge in [0.15, 0.2) is 0 Å². The Labute approximate surface area is 224 Å². The second-order valence-electron chi connectivity index (χ2n) is 7.92. The number of hydrogen-bond acceptors (Lipinski definition) is 9. The smallest absolute Gasteiger partial charge is 0.255 e. The van der Waals surface area contributed by atoms with E-state index in [0.717, 1.165) is 5.37 Å². The number of furan rings is 1. The molecule has 194 valence electrons. The van der Waals surface area contributed by atoms with Gasteiger partial charge in [-0.25, -0.2) is 4.99 Å². The van der Waals surface area contributed by atoms with Crippen molar-refractivity contribution in [1.29, 1.82) is 0 Å². The van der Waals surface area contributed by atoms with Gasteiger partial charge >= 0.3 is 0 Å². The minimum Gasteiger partial charge on any atom is -0.495 e. The number of aliphatic hydroxyl groups excluding tert-OH is 1. The zero-order valence-electron chi connectivity index (χ0n) is 20.0. The van der Waals surface area contributed by atoms with Crippen molar-refractivity contribution in [2.45, 2.75) is 31.5 Å². The van der Waals surface area contributed by atoms with Crippen LogP contribution in [0.25, 0.3) is 6.08 Å². The molecule has 1 fully saturated rings. The molecule has 36 heavy (non-hydrogen) atoms. The summed E-state index contributed by atoms with van der Waals surface area (Å²) in [6.45, 7) is 6.25. The van der Waals surface area contributed by atoms with Gasteiger partial charge in [-0.3, -0.25) is 4.79 Å². The second-order valence-corrected chi connectivity index (χ2v) is 8.91. The van der Waals surface area contributed by atoms with Gasteiger partial charge in [-0.2, -0.15) is 0 Å². The number of aryl methyl sites for hydroxylation is 1. The Morgan fingerprint density at radius 2 is 1.92 bits per heavy atom. The molecule has 3 atom stereocenters. The van der Waals surface area contributed by atoms with E-state index in [1.807, 2.05) is 0 Å². The summed E-state index contributed by atoms with van der Waals surface area (Å²) < 4.78 is 22.0. The number of aliphatic hydroxyl groups is 1. The SMILES string of the molecule is C=N/C(=C\c1cc(C(O)c2c(Cl)c(OC)cc(OC)c2Cl)oc1C)NC1COCCC1NC(=O)C=S. The van der Waals surface area contributed by atoms with Crippen LogP contribution < -0.4 is 20.1 Å². The van der Waals surface area contributed by atoms with Gasteiger partial charge in [0.05, 0.1) is 48.3 Å². The average molecular weight is 556 g/mol. The first-order valence-electron chi connectivity index (χ1n) is 10.9. The third-order valence-corrected chi connectivity index (χ3v) is 6.71. The molecule has 0 bridgehead atoms. The number of aliphatic imine (C=N–C) groups is 1. The van der Waals surface area contributed by atoms with Gasteiger partial charge in [0.2, 0.25) is 0 Å². The number of nitrogens with zero attached hydrogens (tertiary/aromatic N) is 1. The number of rotatable bonds is 10. The molecule has 1 aromatic carbocycles. The van der Waals surface area contributed by atoms with Crippen LogP contribution in [-0.4, -0.2) is 62.6 Å². The lowest BCUT2D eigenvalue weighted by atomic mass is 10.0. The van der Waals surface area contributed by atoms with Crippen LogP contribution in [0.4, 0.5) is 0 Å². The molecule has 1 aliphatic rings. The number of amides is 1. The minimum atomic E-state index is -1.30. The van der Waals surface area contributed by atoms with E-state index >= 15 is 0 Å². The molecule has 0 radical (unpaired) electrons. The summed E-state index contributed by atoms with van der Waals surface area (Å²) in [5.74, 6) is 1.39. The van der Waals surface area contributed by atoms with Crippen molar-refractivity contribution in [3.63, 3.8) is 0 Å². The molecule has 2 heterocycles. The summed E-state index contributed by atoms with van der Waals surface area (Å²) >= 11 is 17.6. The van der Waals surface area contributed by atoms with Gasteiger partial charge in [-0.1, -0.05) is 35.4 Å². The predicted molar refractivity (Wildman–Crippen MR) is 143 cm³/mol. The molecule has 12 heteroatoms. The van der Waals surface area contributed by atoms with Crippen molar-refractivity contribution in [1.82, 2.24) is 10.6 Å². The lowest BCUT2D eigenvalue weighted by molar-refractivity contribution is -0.115. The largest absolute Gasteiger partial charge is 0.495 e. The van der Waals surface area contributed by atoms with Gasteiger partial charge < -0.3 is 34.4 Å². The number of halogens is 2. The zero-order chi connectivity index (χ0) is 26.4. The molecular weight excluding hydrogens is 529 g/mol. The van der Waals surface area contributed by atoms with E-state index in [1.165, 1.54) is 20.3 Å². The molecule has 1 aromatic heterocycles. The molecule has 1 saturated heterocycles. The number of ether oxygens (including phenoxy) is 3. The Morgan fingerprint density at radius 3 is 2.50 bits per heavy atom. The molecule has 9 nitrogen and oxygen atoms in total. The Balaban J connectivity index is 1.89. The van der Waals surface area contributed by atoms with Crippen LogP contribution in [0.3, 0.4) is 0 Å². The van der Waals surface area contributed by atoms with Gasteiger partial charge in [-0.05, 0) is 32.2 Å². The monoisotopic (exact) mass is 555 g/mol. The average Bonchev–Trinajstić information content (AvgIpc) is 3.24. The molecule has 3 unspecified atom stereocenters. The van der Waals surface area contributed by atoms with Crippen LogP contribution >= 0.6 is 35.4 Å². The number of nitrogens with one attached hydrogen (secondary N) is 2. The van der Waals surface area contributed by atoms with Crippen molar-refractivity contribution < 1.29 is 28.5 Å². The molecular formula is C24H27Cl2N3O6S. The summed E-state index contributed by atoms with van der Waals surface area (Å²) in [6.07, 6.45) is 1.03. The number of carbonyl (C=O) groups is 1. The van der Waals surface area contributed by atoms with Crippen LogP contribution in [0.15, 0.2) is 27.4 Å². The maximum Gasteiger partial charge on any atom is 0.255 e. The second kappa shape index (κ2) is 12.6. The maximum absolute atomic E-state index is 11.8. The number of benzene rings is 1. The number of carbonyl (C=O) groups excluding carboxylic acids is 1. The van der Waals surface area contributed by atoms with E-state index < -0.39 is 6.10 Å². The fourth-order valence-corrected chi connectivity index (χ4v) is 4.60. The number of thiocarbonyl (C=S) groups is 1. The lowest BCUT2D eigenvalue weighted by Crippen LogP contribution is -2.54. The predicted octanol–water partition coefficient (Wildman–Crippen LogP) is 3.86. The molecule has 1 aliphatic heterocycles. The summed E-state index contributed by atoms with van der Waals surface area (Å²) in [4.78, 5) is 15.8. The third kappa shape index (κ3) is 6.19. The van der Waals surface area contributed by atoms with Crippen molar-refractivity contribution in [2.75, 3.05) is 27.4 Å². The van der Waals surface area contributed by atoms with Crippen LogP contribution in [0.1, 0.15) is 35.2 Å². The topological polar surface area (TPSA) is 115 Å². The number of hydrogen-bond donors (Lipinski definition) is 3. The molecule has 0 aliphatic carbocycles. The standard InChI is InChI=1S/C24H27Cl2N3O6S/c1-12-13(8-19(27-2)28-15-10-34-6-5-14(15)29-20(30)11-36)7-18(35-12)24(31)21-22(25)16(32-3)9-17(33-4)23(21)26/h7-9,11,14-15,24,28,31H,2,5-6,10H2,1,3-4H3,(H,29,30)/b19-8+. The molecule has 0 saturated carbocycles. The van der Waals surface area contributed by atoms with Crippen molar-refractivity contribution >= 4 is 59.5 Å². The van der Waals surface area contributed by atoms with E-state index in [-0.39, 0.29) is 39.4 Å². The highest BCUT2D eigenvalue weighted by Crippen LogP contribution is 2.45. The molecule has 3 N–H and O–H groups in total. The first-order chi connectivity index (χ1) is 17.2. The first kappa shape index (κ1) is 27.9. The van der Waals surface area contributed by atoms with Gasteiger partial charge in [0.25, 0.3) is 5.91 Å². The van der Waals surface area contributed by atoms with E-state index in [1.54, 1.807) is 19.1 Å². The van der Waals surface area contributed by atoms with Crippen LogP contribution in [0, 0.1) is 6.92 Å². The fraction of sp³-hybridized carbons (Fsp3) is 0.375. The highest BCUT2D eigenvalue weighted by atomic mass is 35.5. The van der Waals surface area contributed by atoms with E-state index in [4.69, 9.17) is 54.0 Å². The van der Waals surface area contributed by atoms with Crippen molar-refractivity contribution in [3.05, 3.63) is 50.6 Å². The fourth-order valence-electron chi connectivity index (χ4n) is 3.83. The van der Waals surface area contributed by atoms with Gasteiger partial charge in [0, 0.05) is 23.8 Å². The Morgan fingerprint density at radius 1 is 1.25 bits per heavy atom. The van der Waals surface area contributed by atoms with E-state index in [2.05, 4.69) is 22.3 Å². The third-order valence-electron chi connectivity index (χ3n) is 5.71. The Kier molecular flexibility index (Phi) is 9.75. The summed E-state index contributed by atoms with van der Waals surface area (Å²) in [5, 5.41) is 18.6. The van der Waals surface area contributed by atoms with E-state index in [0.29, 0.717) is 48.3 Å². The minimum absolute atomic E-state index is 0.138. The Hall–Kier alpha value is -2.63. The van der Waals surface area contributed by atoms with Gasteiger partial charge in [0.1, 0.15) is 34.9 Å².